The number of carbonyl (C=O) groups is 1. The molecule has 1 aromatic heterocycles. The van der Waals surface area contributed by atoms with Gasteiger partial charge in [-0.15, -0.1) is 0 Å². The molecule has 1 saturated carbocycles. The van der Waals surface area contributed by atoms with E-state index in [0.29, 0.717) is 18.4 Å². The van der Waals surface area contributed by atoms with Crippen LogP contribution in [-0.2, 0) is 4.79 Å². The molecule has 0 radical (unpaired) electrons. The van der Waals surface area contributed by atoms with Gasteiger partial charge >= 0.3 is 0 Å². The maximum absolute atomic E-state index is 12.4. The number of aromatic nitrogens is 2. The summed E-state index contributed by atoms with van der Waals surface area (Å²) in [6, 6.07) is 1.88. The maximum Gasteiger partial charge on any atom is 0.242 e. The van der Waals surface area contributed by atoms with Crippen LogP contribution in [0, 0.1) is 5.92 Å². The Morgan fingerprint density at radius 3 is 2.73 bits per heavy atom. The van der Waals surface area contributed by atoms with Crippen molar-refractivity contribution >= 4 is 17.7 Å². The highest BCUT2D eigenvalue weighted by Gasteiger charge is 2.28. The Bertz CT molecular complexity index is 527. The van der Waals surface area contributed by atoms with Gasteiger partial charge in [-0.3, -0.25) is 4.79 Å². The van der Waals surface area contributed by atoms with Crippen molar-refractivity contribution < 1.29 is 4.79 Å². The lowest BCUT2D eigenvalue weighted by Crippen LogP contribution is -2.52. The molecule has 0 N–H and O–H groups in total. The summed E-state index contributed by atoms with van der Waals surface area (Å²) in [6.45, 7) is 2.93. The smallest absolute Gasteiger partial charge is 0.242 e. The Balaban J connectivity index is 1.62. The van der Waals surface area contributed by atoms with Crippen LogP contribution in [0.25, 0.3) is 0 Å². The first-order valence-electron chi connectivity index (χ1n) is 8.16. The molecule has 1 aromatic rings. The lowest BCUT2D eigenvalue weighted by atomic mass is 10.1. The topological polar surface area (TPSA) is 52.6 Å². The summed E-state index contributed by atoms with van der Waals surface area (Å²) in [6.07, 6.45) is 6.96. The van der Waals surface area contributed by atoms with E-state index in [1.807, 2.05) is 34.9 Å². The van der Waals surface area contributed by atoms with Crippen LogP contribution < -0.4 is 9.80 Å². The fraction of sp³-hybridized carbons (Fsp3) is 0.688. The first-order chi connectivity index (χ1) is 10.6. The summed E-state index contributed by atoms with van der Waals surface area (Å²) < 4.78 is 0. The molecule has 2 aliphatic rings. The molecule has 1 amide bonds. The minimum absolute atomic E-state index is 0.206. The molecule has 0 atom stereocenters. The Labute approximate surface area is 132 Å². The molecular weight excluding hydrogens is 278 g/mol. The molecule has 0 unspecified atom stereocenters. The molecule has 22 heavy (non-hydrogen) atoms. The van der Waals surface area contributed by atoms with Gasteiger partial charge in [0.1, 0.15) is 5.82 Å². The van der Waals surface area contributed by atoms with Crippen molar-refractivity contribution in [3.8, 4) is 0 Å². The zero-order chi connectivity index (χ0) is 15.5. The standard InChI is InChI=1S/C16H25N5O/c1-19(2)14-7-8-17-16(18-14)21-10-9-20(15(22)12-21)11-13-5-3-4-6-13/h7-8,13H,3-6,9-12H2,1-2H3. The van der Waals surface area contributed by atoms with Crippen LogP contribution in [-0.4, -0.2) is 61.0 Å². The van der Waals surface area contributed by atoms with E-state index in [1.54, 1.807) is 6.20 Å². The number of rotatable bonds is 4. The van der Waals surface area contributed by atoms with Crippen LogP contribution in [0.2, 0.25) is 0 Å². The molecule has 1 aliphatic heterocycles. The number of hydrogen-bond acceptors (Lipinski definition) is 5. The van der Waals surface area contributed by atoms with Gasteiger partial charge in [0.2, 0.25) is 11.9 Å². The van der Waals surface area contributed by atoms with Crippen LogP contribution in [0.4, 0.5) is 11.8 Å². The van der Waals surface area contributed by atoms with Crippen LogP contribution >= 0.6 is 0 Å². The lowest BCUT2D eigenvalue weighted by Gasteiger charge is -2.35. The fourth-order valence-electron chi connectivity index (χ4n) is 3.32. The van der Waals surface area contributed by atoms with Gasteiger partial charge in [0.15, 0.2) is 0 Å². The zero-order valence-corrected chi connectivity index (χ0v) is 13.5. The van der Waals surface area contributed by atoms with E-state index in [1.165, 1.54) is 25.7 Å². The van der Waals surface area contributed by atoms with E-state index in [0.717, 1.165) is 25.5 Å². The first kappa shape index (κ1) is 15.1. The third-order valence-corrected chi connectivity index (χ3v) is 4.64. The van der Waals surface area contributed by atoms with Crippen LogP contribution in [0.1, 0.15) is 25.7 Å². The van der Waals surface area contributed by atoms with Gasteiger partial charge in [-0.1, -0.05) is 12.8 Å². The number of anilines is 2. The Morgan fingerprint density at radius 2 is 2.05 bits per heavy atom. The van der Waals surface area contributed by atoms with Gasteiger partial charge in [-0.05, 0) is 24.8 Å². The minimum atomic E-state index is 0.206. The van der Waals surface area contributed by atoms with Crippen molar-refractivity contribution in [3.63, 3.8) is 0 Å². The average molecular weight is 303 g/mol. The van der Waals surface area contributed by atoms with Gasteiger partial charge < -0.3 is 14.7 Å². The molecule has 2 heterocycles. The van der Waals surface area contributed by atoms with Crippen molar-refractivity contribution in [3.05, 3.63) is 12.3 Å². The number of nitrogens with zero attached hydrogens (tertiary/aromatic N) is 5. The zero-order valence-electron chi connectivity index (χ0n) is 13.5. The largest absolute Gasteiger partial charge is 0.363 e. The van der Waals surface area contributed by atoms with E-state index < -0.39 is 0 Å². The Morgan fingerprint density at radius 1 is 1.27 bits per heavy atom. The van der Waals surface area contributed by atoms with Crippen LogP contribution in [0.5, 0.6) is 0 Å². The fourth-order valence-corrected chi connectivity index (χ4v) is 3.32. The lowest BCUT2D eigenvalue weighted by molar-refractivity contribution is -0.131. The normalized spacial score (nSPS) is 19.8. The summed E-state index contributed by atoms with van der Waals surface area (Å²) >= 11 is 0. The van der Waals surface area contributed by atoms with E-state index in [2.05, 4.69) is 9.97 Å². The van der Waals surface area contributed by atoms with Crippen molar-refractivity contribution in [1.29, 1.82) is 0 Å². The average Bonchev–Trinajstić information content (AvgIpc) is 3.02. The van der Waals surface area contributed by atoms with Crippen molar-refractivity contribution in [2.75, 3.05) is 50.1 Å². The quantitative estimate of drug-likeness (QED) is 0.841. The monoisotopic (exact) mass is 303 g/mol. The van der Waals surface area contributed by atoms with Gasteiger partial charge in [-0.2, -0.15) is 4.98 Å². The van der Waals surface area contributed by atoms with Crippen molar-refractivity contribution in [2.45, 2.75) is 25.7 Å². The summed E-state index contributed by atoms with van der Waals surface area (Å²) in [5.74, 6) is 2.44. The molecular formula is C16H25N5O. The number of amides is 1. The maximum atomic E-state index is 12.4. The molecule has 6 heteroatoms. The molecule has 1 saturated heterocycles. The summed E-state index contributed by atoms with van der Waals surface area (Å²) in [4.78, 5) is 27.2. The highest BCUT2D eigenvalue weighted by Crippen LogP contribution is 2.26. The Hall–Kier alpha value is -1.85. The molecule has 120 valence electrons. The van der Waals surface area contributed by atoms with E-state index in [9.17, 15) is 4.79 Å². The highest BCUT2D eigenvalue weighted by molar-refractivity contribution is 5.82. The second-order valence-corrected chi connectivity index (χ2v) is 6.52. The van der Waals surface area contributed by atoms with Crippen molar-refractivity contribution in [1.82, 2.24) is 14.9 Å². The van der Waals surface area contributed by atoms with Gasteiger partial charge in [0, 0.05) is 39.9 Å². The van der Waals surface area contributed by atoms with Crippen LogP contribution in [0.15, 0.2) is 12.3 Å². The Kier molecular flexibility index (Phi) is 4.45. The minimum Gasteiger partial charge on any atom is -0.363 e. The molecule has 0 bridgehead atoms. The SMILES string of the molecule is CN(C)c1ccnc(N2CCN(CC3CCCC3)C(=O)C2)n1. The van der Waals surface area contributed by atoms with Gasteiger partial charge in [0.05, 0.1) is 6.54 Å². The summed E-state index contributed by atoms with van der Waals surface area (Å²) in [5, 5.41) is 0. The molecule has 3 rings (SSSR count). The molecule has 1 aliphatic carbocycles. The summed E-state index contributed by atoms with van der Waals surface area (Å²) in [7, 11) is 3.91. The van der Waals surface area contributed by atoms with Gasteiger partial charge in [-0.25, -0.2) is 4.98 Å². The first-order valence-corrected chi connectivity index (χ1v) is 8.16. The van der Waals surface area contributed by atoms with Gasteiger partial charge in [0.25, 0.3) is 0 Å². The summed E-state index contributed by atoms with van der Waals surface area (Å²) in [5.41, 5.74) is 0. The van der Waals surface area contributed by atoms with E-state index in [4.69, 9.17) is 0 Å². The third-order valence-electron chi connectivity index (χ3n) is 4.64. The highest BCUT2D eigenvalue weighted by atomic mass is 16.2. The number of piperazine rings is 1. The molecule has 0 aromatic carbocycles. The molecule has 0 spiro atoms. The second kappa shape index (κ2) is 6.50. The number of carbonyl (C=O) groups excluding carboxylic acids is 1. The predicted molar refractivity (Wildman–Crippen MR) is 87.1 cm³/mol. The van der Waals surface area contributed by atoms with Crippen molar-refractivity contribution in [2.24, 2.45) is 5.92 Å². The molecule has 2 fully saturated rings. The molecule has 6 nitrogen and oxygen atoms in total. The van der Waals surface area contributed by atoms with Crippen LogP contribution in [0.3, 0.4) is 0 Å². The van der Waals surface area contributed by atoms with E-state index in [-0.39, 0.29) is 5.91 Å². The van der Waals surface area contributed by atoms with E-state index >= 15 is 0 Å². The third kappa shape index (κ3) is 3.31. The number of hydrogen-bond donors (Lipinski definition) is 0. The predicted octanol–water partition coefficient (Wildman–Crippen LogP) is 1.38. The second-order valence-electron chi connectivity index (χ2n) is 6.52.